The second-order valence-electron chi connectivity index (χ2n) is 3.09. The Morgan fingerprint density at radius 3 is 3.18 bits per heavy atom. The highest BCUT2D eigenvalue weighted by molar-refractivity contribution is 5.34. The average molecular weight is 150 g/mol. The predicted molar refractivity (Wildman–Crippen MR) is 46.3 cm³/mol. The maximum absolute atomic E-state index is 3.40. The monoisotopic (exact) mass is 150 g/mol. The smallest absolute Gasteiger partial charge is 0.0388 e. The highest BCUT2D eigenvalue weighted by Crippen LogP contribution is 2.17. The number of hydrogen-bond acceptors (Lipinski definition) is 2. The molecule has 2 nitrogen and oxygen atoms in total. The zero-order chi connectivity index (χ0) is 7.68. The Balaban J connectivity index is 2.10. The van der Waals surface area contributed by atoms with E-state index >= 15 is 0 Å². The lowest BCUT2D eigenvalue weighted by Gasteiger charge is -2.12. The summed E-state index contributed by atoms with van der Waals surface area (Å²) in [6, 6.07) is 0. The van der Waals surface area contributed by atoms with Crippen molar-refractivity contribution in [2.45, 2.75) is 6.92 Å². The molecule has 0 aromatic rings. The molecule has 60 valence electrons. The Morgan fingerprint density at radius 1 is 1.55 bits per heavy atom. The molecule has 0 aliphatic carbocycles. The van der Waals surface area contributed by atoms with Gasteiger partial charge in [-0.1, -0.05) is 19.1 Å². The lowest BCUT2D eigenvalue weighted by molar-refractivity contribution is 0.363. The van der Waals surface area contributed by atoms with Crippen LogP contribution in [0.2, 0.25) is 0 Å². The standard InChI is InChI=1S/C9H14N2/c1-2-11-6-8-4-3-5-10-9(8)7-11/h3-4,10H,2,5-7H2,1H3. The summed E-state index contributed by atoms with van der Waals surface area (Å²) in [5.74, 6) is 0. The van der Waals surface area contributed by atoms with E-state index in [2.05, 4.69) is 29.3 Å². The van der Waals surface area contributed by atoms with E-state index in [4.69, 9.17) is 0 Å². The quantitative estimate of drug-likeness (QED) is 0.593. The number of likely N-dealkylation sites (N-methyl/N-ethyl adjacent to an activating group) is 1. The Labute approximate surface area is 67.6 Å². The van der Waals surface area contributed by atoms with Crippen molar-refractivity contribution < 1.29 is 0 Å². The first-order chi connectivity index (χ1) is 5.40. The second-order valence-corrected chi connectivity index (χ2v) is 3.09. The number of rotatable bonds is 1. The minimum absolute atomic E-state index is 1.01. The van der Waals surface area contributed by atoms with Crippen LogP contribution in [0.5, 0.6) is 0 Å². The first kappa shape index (κ1) is 6.92. The highest BCUT2D eigenvalue weighted by Gasteiger charge is 2.19. The van der Waals surface area contributed by atoms with Crippen LogP contribution in [0.1, 0.15) is 6.92 Å². The molecule has 0 atom stereocenters. The summed E-state index contributed by atoms with van der Waals surface area (Å²) < 4.78 is 0. The molecule has 0 aromatic heterocycles. The SMILES string of the molecule is CCN1CC2=C(C1)NCC=C2. The summed E-state index contributed by atoms with van der Waals surface area (Å²) in [6.45, 7) is 6.63. The van der Waals surface area contributed by atoms with Gasteiger partial charge < -0.3 is 5.32 Å². The molecule has 0 aromatic carbocycles. The minimum atomic E-state index is 1.01. The number of dihydropyridines is 1. The molecule has 2 aliphatic heterocycles. The third-order valence-corrected chi connectivity index (χ3v) is 2.36. The fourth-order valence-corrected chi connectivity index (χ4v) is 1.65. The van der Waals surface area contributed by atoms with Crippen LogP contribution in [-0.2, 0) is 0 Å². The Hall–Kier alpha value is -0.760. The number of hydrogen-bond donors (Lipinski definition) is 1. The molecule has 0 saturated heterocycles. The van der Waals surface area contributed by atoms with E-state index in [9.17, 15) is 0 Å². The van der Waals surface area contributed by atoms with Gasteiger partial charge in [0.1, 0.15) is 0 Å². The number of nitrogens with one attached hydrogen (secondary N) is 1. The van der Waals surface area contributed by atoms with Crippen LogP contribution in [0.4, 0.5) is 0 Å². The molecule has 2 heterocycles. The Bertz CT molecular complexity index is 216. The molecular weight excluding hydrogens is 136 g/mol. The summed E-state index contributed by atoms with van der Waals surface area (Å²) in [4.78, 5) is 2.44. The molecule has 1 N–H and O–H groups in total. The van der Waals surface area contributed by atoms with Gasteiger partial charge in [0.15, 0.2) is 0 Å². The van der Waals surface area contributed by atoms with Crippen molar-refractivity contribution in [1.82, 2.24) is 10.2 Å². The Kier molecular flexibility index (Phi) is 1.70. The van der Waals surface area contributed by atoms with Gasteiger partial charge in [-0.05, 0) is 12.1 Å². The lowest BCUT2D eigenvalue weighted by atomic mass is 10.2. The average Bonchev–Trinajstić information content (AvgIpc) is 2.46. The molecule has 11 heavy (non-hydrogen) atoms. The summed E-state index contributed by atoms with van der Waals surface area (Å²) in [7, 11) is 0. The normalized spacial score (nSPS) is 23.7. The van der Waals surface area contributed by atoms with Crippen LogP contribution in [0, 0.1) is 0 Å². The van der Waals surface area contributed by atoms with Gasteiger partial charge in [0.2, 0.25) is 0 Å². The van der Waals surface area contributed by atoms with Crippen molar-refractivity contribution in [2.75, 3.05) is 26.2 Å². The van der Waals surface area contributed by atoms with Crippen LogP contribution < -0.4 is 5.32 Å². The van der Waals surface area contributed by atoms with Crippen molar-refractivity contribution in [3.05, 3.63) is 23.4 Å². The summed E-state index contributed by atoms with van der Waals surface area (Å²) in [5.41, 5.74) is 2.92. The van der Waals surface area contributed by atoms with Gasteiger partial charge in [0.05, 0.1) is 0 Å². The lowest BCUT2D eigenvalue weighted by Crippen LogP contribution is -2.23. The highest BCUT2D eigenvalue weighted by atomic mass is 15.2. The molecule has 2 heteroatoms. The number of nitrogens with zero attached hydrogens (tertiary/aromatic N) is 1. The van der Waals surface area contributed by atoms with Crippen molar-refractivity contribution in [2.24, 2.45) is 0 Å². The molecule has 0 radical (unpaired) electrons. The molecule has 2 aliphatic rings. The van der Waals surface area contributed by atoms with E-state index in [1.807, 2.05) is 0 Å². The molecule has 0 bridgehead atoms. The second kappa shape index (κ2) is 2.70. The van der Waals surface area contributed by atoms with Gasteiger partial charge in [-0.25, -0.2) is 0 Å². The largest absolute Gasteiger partial charge is 0.384 e. The van der Waals surface area contributed by atoms with Crippen molar-refractivity contribution in [3.63, 3.8) is 0 Å². The fraction of sp³-hybridized carbons (Fsp3) is 0.556. The van der Waals surface area contributed by atoms with Crippen LogP contribution in [-0.4, -0.2) is 31.1 Å². The molecule has 2 rings (SSSR count). The maximum atomic E-state index is 3.40. The van der Waals surface area contributed by atoms with Gasteiger partial charge in [-0.3, -0.25) is 4.90 Å². The summed E-state index contributed by atoms with van der Waals surface area (Å²) in [6.07, 6.45) is 4.44. The van der Waals surface area contributed by atoms with E-state index in [1.165, 1.54) is 11.3 Å². The minimum Gasteiger partial charge on any atom is -0.384 e. The van der Waals surface area contributed by atoms with Gasteiger partial charge in [0.25, 0.3) is 0 Å². The molecule has 0 fully saturated rings. The third-order valence-electron chi connectivity index (χ3n) is 2.36. The van der Waals surface area contributed by atoms with E-state index in [0.29, 0.717) is 0 Å². The van der Waals surface area contributed by atoms with Gasteiger partial charge in [0, 0.05) is 25.3 Å². The molecule has 0 amide bonds. The summed E-state index contributed by atoms with van der Waals surface area (Å²) >= 11 is 0. The third kappa shape index (κ3) is 1.18. The van der Waals surface area contributed by atoms with Crippen molar-refractivity contribution in [3.8, 4) is 0 Å². The topological polar surface area (TPSA) is 15.3 Å². The zero-order valence-corrected chi connectivity index (χ0v) is 6.93. The summed E-state index contributed by atoms with van der Waals surface area (Å²) in [5, 5.41) is 3.40. The van der Waals surface area contributed by atoms with Gasteiger partial charge in [-0.15, -0.1) is 0 Å². The van der Waals surface area contributed by atoms with Crippen molar-refractivity contribution >= 4 is 0 Å². The zero-order valence-electron chi connectivity index (χ0n) is 6.93. The van der Waals surface area contributed by atoms with Crippen LogP contribution >= 0.6 is 0 Å². The van der Waals surface area contributed by atoms with Gasteiger partial charge in [-0.2, -0.15) is 0 Å². The fourth-order valence-electron chi connectivity index (χ4n) is 1.65. The first-order valence-corrected chi connectivity index (χ1v) is 4.25. The van der Waals surface area contributed by atoms with E-state index in [1.54, 1.807) is 0 Å². The van der Waals surface area contributed by atoms with Gasteiger partial charge >= 0.3 is 0 Å². The van der Waals surface area contributed by atoms with Crippen LogP contribution in [0.15, 0.2) is 23.4 Å². The first-order valence-electron chi connectivity index (χ1n) is 4.25. The molecular formula is C9H14N2. The molecule has 0 saturated carbocycles. The van der Waals surface area contributed by atoms with Crippen LogP contribution in [0.3, 0.4) is 0 Å². The predicted octanol–water partition coefficient (Wildman–Crippen LogP) is 0.735. The van der Waals surface area contributed by atoms with Crippen molar-refractivity contribution in [1.29, 1.82) is 0 Å². The molecule has 0 unspecified atom stereocenters. The van der Waals surface area contributed by atoms with Crippen LogP contribution in [0.25, 0.3) is 0 Å². The van der Waals surface area contributed by atoms with E-state index in [-0.39, 0.29) is 0 Å². The molecule has 0 spiro atoms. The van der Waals surface area contributed by atoms with E-state index < -0.39 is 0 Å². The van der Waals surface area contributed by atoms with E-state index in [0.717, 1.165) is 26.2 Å². The maximum Gasteiger partial charge on any atom is 0.0388 e. The Morgan fingerprint density at radius 2 is 2.45 bits per heavy atom.